The maximum atomic E-state index is 12.8. The fourth-order valence-corrected chi connectivity index (χ4v) is 3.95. The first-order valence-corrected chi connectivity index (χ1v) is 8.97. The summed E-state index contributed by atoms with van der Waals surface area (Å²) in [5.41, 5.74) is 3.10. The molecule has 0 aromatic carbocycles. The van der Waals surface area contributed by atoms with Crippen molar-refractivity contribution in [2.45, 2.75) is 45.3 Å². The van der Waals surface area contributed by atoms with Crippen LogP contribution >= 0.6 is 11.3 Å². The quantitative estimate of drug-likeness (QED) is 0.519. The molecule has 0 bridgehead atoms. The molecule has 2 rings (SSSR count). The van der Waals surface area contributed by atoms with Crippen LogP contribution in [0.15, 0.2) is 9.59 Å². The van der Waals surface area contributed by atoms with Gasteiger partial charge in [-0.15, -0.1) is 11.3 Å². The molecular formula is C15H18F6N4O2S. The molecule has 0 saturated carbocycles. The zero-order valence-corrected chi connectivity index (χ0v) is 15.5. The second kappa shape index (κ2) is 8.25. The zero-order valence-electron chi connectivity index (χ0n) is 14.7. The number of aryl methyl sites for hydroxylation is 2. The molecule has 2 aromatic rings. The molecule has 3 N–H and O–H groups in total. The Kier molecular flexibility index (Phi) is 6.61. The third kappa shape index (κ3) is 5.14. The molecule has 0 unspecified atom stereocenters. The van der Waals surface area contributed by atoms with E-state index in [1.807, 2.05) is 0 Å². The predicted molar refractivity (Wildman–Crippen MR) is 92.6 cm³/mol. The van der Waals surface area contributed by atoms with Gasteiger partial charge in [-0.3, -0.25) is 13.9 Å². The number of hydrogen-bond acceptors (Lipinski definition) is 5. The molecule has 0 atom stereocenters. The van der Waals surface area contributed by atoms with Gasteiger partial charge in [0.2, 0.25) is 0 Å². The number of nitrogens with one attached hydrogen (secondary N) is 1. The van der Waals surface area contributed by atoms with Gasteiger partial charge in [0, 0.05) is 31.1 Å². The van der Waals surface area contributed by atoms with Crippen LogP contribution in [0.3, 0.4) is 0 Å². The summed E-state index contributed by atoms with van der Waals surface area (Å²) in [4.78, 5) is 25.4. The minimum atomic E-state index is -4.88. The van der Waals surface area contributed by atoms with Gasteiger partial charge in [0.15, 0.2) is 0 Å². The number of nitrogens with zero attached hydrogens (tertiary/aromatic N) is 2. The first kappa shape index (κ1) is 22.4. The first-order valence-electron chi connectivity index (χ1n) is 8.15. The zero-order chi connectivity index (χ0) is 21.3. The lowest BCUT2D eigenvalue weighted by atomic mass is 10.2. The van der Waals surface area contributed by atoms with Crippen LogP contribution in [0.1, 0.15) is 16.9 Å². The van der Waals surface area contributed by atoms with Crippen LogP contribution < -0.4 is 22.3 Å². The van der Waals surface area contributed by atoms with Crippen LogP contribution in [0.2, 0.25) is 0 Å². The van der Waals surface area contributed by atoms with Gasteiger partial charge >= 0.3 is 18.0 Å². The highest BCUT2D eigenvalue weighted by Gasteiger charge is 2.33. The highest BCUT2D eigenvalue weighted by atomic mass is 32.1. The Morgan fingerprint density at radius 3 is 2.25 bits per heavy atom. The van der Waals surface area contributed by atoms with E-state index in [1.54, 1.807) is 0 Å². The minimum Gasteiger partial charge on any atom is -0.329 e. The summed E-state index contributed by atoms with van der Waals surface area (Å²) in [6.45, 7) is -0.314. The van der Waals surface area contributed by atoms with Crippen LogP contribution in [-0.4, -0.2) is 34.6 Å². The van der Waals surface area contributed by atoms with Gasteiger partial charge in [0.05, 0.1) is 11.8 Å². The molecule has 6 nitrogen and oxygen atoms in total. The summed E-state index contributed by atoms with van der Waals surface area (Å²) >= 11 is 0.904. The van der Waals surface area contributed by atoms with E-state index >= 15 is 0 Å². The topological polar surface area (TPSA) is 82.1 Å². The standard InChI is InChI=1S/C15H18F6N4O2S/c1-8-9(6-23-4-3-22)28-12-10(8)11(26)25(7-15(19,20)21)13(27)24(12)5-2-14(16,17)18/h23H,2-7,22H2,1H3. The second-order valence-corrected chi connectivity index (χ2v) is 7.19. The summed E-state index contributed by atoms with van der Waals surface area (Å²) in [6.07, 6.45) is -10.9. The molecule has 2 aromatic heterocycles. The highest BCUT2D eigenvalue weighted by Crippen LogP contribution is 2.29. The molecule has 0 aliphatic rings. The van der Waals surface area contributed by atoms with Gasteiger partial charge in [-0.25, -0.2) is 4.79 Å². The van der Waals surface area contributed by atoms with Gasteiger partial charge in [0.25, 0.3) is 5.56 Å². The Labute approximate surface area is 158 Å². The Morgan fingerprint density at radius 2 is 1.71 bits per heavy atom. The molecule has 158 valence electrons. The van der Waals surface area contributed by atoms with Gasteiger partial charge in [-0.05, 0) is 12.5 Å². The molecule has 0 aliphatic heterocycles. The van der Waals surface area contributed by atoms with Gasteiger partial charge in [-0.1, -0.05) is 0 Å². The van der Waals surface area contributed by atoms with E-state index in [0.717, 1.165) is 11.3 Å². The monoisotopic (exact) mass is 432 g/mol. The van der Waals surface area contributed by atoms with Crippen LogP contribution in [0.5, 0.6) is 0 Å². The molecule has 0 radical (unpaired) electrons. The molecule has 0 fully saturated rings. The molecular weight excluding hydrogens is 414 g/mol. The number of fused-ring (bicyclic) bond motifs is 1. The predicted octanol–water partition coefficient (Wildman–Crippen LogP) is 2.10. The average molecular weight is 432 g/mol. The van der Waals surface area contributed by atoms with Crippen LogP contribution in [-0.2, 0) is 19.6 Å². The highest BCUT2D eigenvalue weighted by molar-refractivity contribution is 7.18. The third-order valence-electron chi connectivity index (χ3n) is 3.96. The van der Waals surface area contributed by atoms with E-state index < -0.39 is 43.1 Å². The first-order chi connectivity index (χ1) is 12.9. The summed E-state index contributed by atoms with van der Waals surface area (Å²) in [5, 5.41) is 2.76. The fourth-order valence-electron chi connectivity index (χ4n) is 2.67. The lowest BCUT2D eigenvalue weighted by Gasteiger charge is -2.14. The Morgan fingerprint density at radius 1 is 1.07 bits per heavy atom. The number of alkyl halides is 6. The van der Waals surface area contributed by atoms with Crippen LogP contribution in [0.25, 0.3) is 10.2 Å². The van der Waals surface area contributed by atoms with Crippen molar-refractivity contribution in [3.8, 4) is 0 Å². The van der Waals surface area contributed by atoms with Crippen molar-refractivity contribution in [2.24, 2.45) is 5.73 Å². The second-order valence-electron chi connectivity index (χ2n) is 6.10. The normalized spacial score (nSPS) is 12.9. The van der Waals surface area contributed by atoms with Crippen molar-refractivity contribution >= 4 is 21.6 Å². The summed E-state index contributed by atoms with van der Waals surface area (Å²) < 4.78 is 76.9. The van der Waals surface area contributed by atoms with Crippen molar-refractivity contribution in [3.63, 3.8) is 0 Å². The van der Waals surface area contributed by atoms with E-state index in [4.69, 9.17) is 5.73 Å². The van der Waals surface area contributed by atoms with Crippen molar-refractivity contribution < 1.29 is 26.3 Å². The van der Waals surface area contributed by atoms with Crippen molar-refractivity contribution in [1.82, 2.24) is 14.5 Å². The molecule has 28 heavy (non-hydrogen) atoms. The van der Waals surface area contributed by atoms with Gasteiger partial charge in [-0.2, -0.15) is 26.3 Å². The number of hydrogen-bond donors (Lipinski definition) is 2. The Hall–Kier alpha value is -1.86. The van der Waals surface area contributed by atoms with E-state index in [0.29, 0.717) is 28.1 Å². The Balaban J connectivity index is 2.69. The number of nitrogens with two attached hydrogens (primary N) is 1. The molecule has 0 saturated heterocycles. The van der Waals surface area contributed by atoms with E-state index in [-0.39, 0.29) is 21.3 Å². The van der Waals surface area contributed by atoms with Gasteiger partial charge in [0.1, 0.15) is 11.4 Å². The molecule has 0 spiro atoms. The molecule has 0 amide bonds. The number of aromatic nitrogens is 2. The van der Waals surface area contributed by atoms with Gasteiger partial charge < -0.3 is 11.1 Å². The largest absolute Gasteiger partial charge is 0.406 e. The summed E-state index contributed by atoms with van der Waals surface area (Å²) in [5.74, 6) is 0. The van der Waals surface area contributed by atoms with E-state index in [2.05, 4.69) is 5.32 Å². The average Bonchev–Trinajstić information content (AvgIpc) is 2.86. The maximum absolute atomic E-state index is 12.8. The maximum Gasteiger partial charge on any atom is 0.406 e. The molecule has 0 aliphatic carbocycles. The van der Waals surface area contributed by atoms with E-state index in [9.17, 15) is 35.9 Å². The lowest BCUT2D eigenvalue weighted by Crippen LogP contribution is -2.43. The van der Waals surface area contributed by atoms with Crippen molar-refractivity contribution in [3.05, 3.63) is 31.3 Å². The van der Waals surface area contributed by atoms with Crippen molar-refractivity contribution in [2.75, 3.05) is 13.1 Å². The number of halogens is 6. The minimum absolute atomic E-state index is 0.0600. The molecule has 2 heterocycles. The lowest BCUT2D eigenvalue weighted by molar-refractivity contribution is -0.143. The van der Waals surface area contributed by atoms with E-state index in [1.165, 1.54) is 6.92 Å². The fraction of sp³-hybridized carbons (Fsp3) is 0.600. The molecule has 13 heteroatoms. The third-order valence-corrected chi connectivity index (χ3v) is 5.27. The SMILES string of the molecule is Cc1c(CNCCN)sc2c1c(=O)n(CC(F)(F)F)c(=O)n2CCC(F)(F)F. The van der Waals surface area contributed by atoms with Crippen LogP contribution in [0, 0.1) is 6.92 Å². The number of rotatable bonds is 7. The summed E-state index contributed by atoms with van der Waals surface area (Å²) in [7, 11) is 0. The van der Waals surface area contributed by atoms with Crippen LogP contribution in [0.4, 0.5) is 26.3 Å². The Bertz CT molecular complexity index is 957. The smallest absolute Gasteiger partial charge is 0.329 e. The van der Waals surface area contributed by atoms with Crippen molar-refractivity contribution in [1.29, 1.82) is 0 Å². The summed E-state index contributed by atoms with van der Waals surface area (Å²) in [6, 6.07) is 0. The number of thiophene rings is 1.